The molecule has 0 spiro atoms. The van der Waals surface area contributed by atoms with Crippen molar-refractivity contribution in [2.24, 2.45) is 11.7 Å². The molecular formula is C15H21FN2O2. The van der Waals surface area contributed by atoms with Gasteiger partial charge >= 0.3 is 0 Å². The van der Waals surface area contributed by atoms with Gasteiger partial charge in [0.25, 0.3) is 0 Å². The van der Waals surface area contributed by atoms with E-state index in [1.54, 1.807) is 12.1 Å². The van der Waals surface area contributed by atoms with Gasteiger partial charge in [0.1, 0.15) is 5.82 Å². The van der Waals surface area contributed by atoms with Crippen LogP contribution in [0.1, 0.15) is 30.9 Å². The highest BCUT2D eigenvalue weighted by atomic mass is 19.1. The van der Waals surface area contributed by atoms with Crippen LogP contribution in [0.2, 0.25) is 0 Å². The monoisotopic (exact) mass is 280 g/mol. The van der Waals surface area contributed by atoms with Crippen molar-refractivity contribution in [3.8, 4) is 0 Å². The van der Waals surface area contributed by atoms with E-state index in [1.165, 1.54) is 6.07 Å². The van der Waals surface area contributed by atoms with E-state index >= 15 is 0 Å². The number of benzene rings is 1. The molecule has 0 bridgehead atoms. The number of nitrogens with two attached hydrogens (primary N) is 1. The molecule has 1 aromatic rings. The summed E-state index contributed by atoms with van der Waals surface area (Å²) in [7, 11) is 0. The molecule has 1 aliphatic rings. The molecule has 2 rings (SSSR count). The molecule has 0 saturated carbocycles. The van der Waals surface area contributed by atoms with Crippen molar-refractivity contribution < 1.29 is 13.9 Å². The largest absolute Gasteiger partial charge is 0.377 e. The lowest BCUT2D eigenvalue weighted by Crippen LogP contribution is -2.34. The molecule has 0 aliphatic carbocycles. The van der Waals surface area contributed by atoms with Crippen LogP contribution in [0.25, 0.3) is 0 Å². The molecule has 1 amide bonds. The van der Waals surface area contributed by atoms with E-state index in [2.05, 4.69) is 5.32 Å². The van der Waals surface area contributed by atoms with Crippen LogP contribution in [0.5, 0.6) is 0 Å². The van der Waals surface area contributed by atoms with Crippen LogP contribution in [0.4, 0.5) is 4.39 Å². The smallest absolute Gasteiger partial charge is 0.226 e. The van der Waals surface area contributed by atoms with Crippen molar-refractivity contribution >= 4 is 5.91 Å². The molecule has 2 atom stereocenters. The third kappa shape index (κ3) is 3.35. The minimum atomic E-state index is -0.331. The van der Waals surface area contributed by atoms with Gasteiger partial charge in [0, 0.05) is 25.3 Å². The quantitative estimate of drug-likeness (QED) is 0.863. The minimum Gasteiger partial charge on any atom is -0.377 e. The second kappa shape index (κ2) is 6.81. The predicted octanol–water partition coefficient (Wildman–Crippen LogP) is 1.72. The summed E-state index contributed by atoms with van der Waals surface area (Å²) in [4.78, 5) is 12.1. The van der Waals surface area contributed by atoms with Crippen molar-refractivity contribution in [2.75, 3.05) is 6.61 Å². The lowest BCUT2D eigenvalue weighted by atomic mass is 9.98. The summed E-state index contributed by atoms with van der Waals surface area (Å²) >= 11 is 0. The number of amides is 1. The topological polar surface area (TPSA) is 64.3 Å². The maximum absolute atomic E-state index is 13.8. The van der Waals surface area contributed by atoms with E-state index in [0.717, 1.165) is 18.4 Å². The lowest BCUT2D eigenvalue weighted by molar-refractivity contribution is -0.126. The summed E-state index contributed by atoms with van der Waals surface area (Å²) in [6.45, 7) is 3.13. The number of halogens is 1. The average molecular weight is 280 g/mol. The molecule has 5 heteroatoms. The number of carbonyl (C=O) groups is 1. The van der Waals surface area contributed by atoms with Gasteiger partial charge < -0.3 is 15.8 Å². The Hall–Kier alpha value is -1.46. The van der Waals surface area contributed by atoms with E-state index in [1.807, 2.05) is 6.92 Å². The van der Waals surface area contributed by atoms with E-state index in [4.69, 9.17) is 10.5 Å². The van der Waals surface area contributed by atoms with Gasteiger partial charge in [-0.3, -0.25) is 4.79 Å². The lowest BCUT2D eigenvalue weighted by Gasteiger charge is -2.16. The van der Waals surface area contributed by atoms with E-state index < -0.39 is 0 Å². The van der Waals surface area contributed by atoms with Gasteiger partial charge in [0.05, 0.1) is 12.0 Å². The number of carbonyl (C=O) groups excluding carboxylic acids is 1. The molecular weight excluding hydrogens is 259 g/mol. The summed E-state index contributed by atoms with van der Waals surface area (Å²) < 4.78 is 19.3. The third-order valence-electron chi connectivity index (χ3n) is 3.75. The molecule has 110 valence electrons. The molecule has 1 aliphatic heterocycles. The fourth-order valence-corrected chi connectivity index (χ4v) is 2.53. The van der Waals surface area contributed by atoms with Crippen LogP contribution < -0.4 is 11.1 Å². The van der Waals surface area contributed by atoms with Crippen molar-refractivity contribution in [2.45, 2.75) is 39.0 Å². The Morgan fingerprint density at radius 3 is 3.00 bits per heavy atom. The normalized spacial score (nSPS) is 21.9. The third-order valence-corrected chi connectivity index (χ3v) is 3.75. The van der Waals surface area contributed by atoms with Crippen LogP contribution in [0, 0.1) is 11.7 Å². The standard InChI is InChI=1S/C15H21FN2O2/c1-2-14-12(5-6-20-14)15(19)18-9-11-4-3-10(8-17)7-13(11)16/h3-4,7,12,14H,2,5-6,8-9,17H2,1H3,(H,18,19). The molecule has 2 unspecified atom stereocenters. The molecule has 1 heterocycles. The van der Waals surface area contributed by atoms with E-state index in [-0.39, 0.29) is 30.3 Å². The van der Waals surface area contributed by atoms with Crippen LogP contribution in [-0.2, 0) is 22.6 Å². The summed E-state index contributed by atoms with van der Waals surface area (Å²) in [5, 5.41) is 2.79. The predicted molar refractivity (Wildman–Crippen MR) is 74.3 cm³/mol. The van der Waals surface area contributed by atoms with Crippen molar-refractivity contribution in [3.05, 3.63) is 35.1 Å². The highest BCUT2D eigenvalue weighted by molar-refractivity contribution is 5.79. The zero-order valence-corrected chi connectivity index (χ0v) is 11.7. The first-order valence-corrected chi connectivity index (χ1v) is 7.02. The highest BCUT2D eigenvalue weighted by Gasteiger charge is 2.32. The molecule has 1 fully saturated rings. The molecule has 0 radical (unpaired) electrons. The summed E-state index contributed by atoms with van der Waals surface area (Å²) in [6, 6.07) is 4.85. The Kier molecular flexibility index (Phi) is 5.09. The summed E-state index contributed by atoms with van der Waals surface area (Å²) in [5.74, 6) is -0.508. The average Bonchev–Trinajstić information content (AvgIpc) is 2.94. The zero-order valence-electron chi connectivity index (χ0n) is 11.7. The van der Waals surface area contributed by atoms with Gasteiger partial charge in [0.15, 0.2) is 0 Å². The summed E-state index contributed by atoms with van der Waals surface area (Å²) in [5.41, 5.74) is 6.67. The number of hydrogen-bond donors (Lipinski definition) is 2. The van der Waals surface area contributed by atoms with Gasteiger partial charge in [-0.25, -0.2) is 4.39 Å². The molecule has 1 aromatic carbocycles. The Morgan fingerprint density at radius 1 is 1.55 bits per heavy atom. The fourth-order valence-electron chi connectivity index (χ4n) is 2.53. The first kappa shape index (κ1) is 14.9. The van der Waals surface area contributed by atoms with Gasteiger partial charge in [-0.2, -0.15) is 0 Å². The molecule has 1 saturated heterocycles. The first-order chi connectivity index (χ1) is 9.65. The zero-order chi connectivity index (χ0) is 14.5. The number of rotatable bonds is 5. The Balaban J connectivity index is 1.93. The minimum absolute atomic E-state index is 0.0144. The fraction of sp³-hybridized carbons (Fsp3) is 0.533. The number of ether oxygens (including phenoxy) is 1. The number of nitrogens with one attached hydrogen (secondary N) is 1. The van der Waals surface area contributed by atoms with Gasteiger partial charge in [-0.05, 0) is 24.5 Å². The first-order valence-electron chi connectivity index (χ1n) is 7.02. The molecule has 20 heavy (non-hydrogen) atoms. The van der Waals surface area contributed by atoms with Crippen molar-refractivity contribution in [3.63, 3.8) is 0 Å². The van der Waals surface area contributed by atoms with Gasteiger partial charge in [-0.1, -0.05) is 19.1 Å². The Morgan fingerprint density at radius 2 is 2.35 bits per heavy atom. The van der Waals surface area contributed by atoms with Crippen LogP contribution in [0.15, 0.2) is 18.2 Å². The van der Waals surface area contributed by atoms with Crippen molar-refractivity contribution in [1.82, 2.24) is 5.32 Å². The maximum Gasteiger partial charge on any atom is 0.226 e. The molecule has 4 nitrogen and oxygen atoms in total. The Bertz CT molecular complexity index is 479. The van der Waals surface area contributed by atoms with Gasteiger partial charge in [0.2, 0.25) is 5.91 Å². The van der Waals surface area contributed by atoms with Gasteiger partial charge in [-0.15, -0.1) is 0 Å². The SMILES string of the molecule is CCC1OCCC1C(=O)NCc1ccc(CN)cc1F. The molecule has 0 aromatic heterocycles. The van der Waals surface area contributed by atoms with Crippen LogP contribution in [-0.4, -0.2) is 18.6 Å². The number of hydrogen-bond acceptors (Lipinski definition) is 3. The highest BCUT2D eigenvalue weighted by Crippen LogP contribution is 2.23. The van der Waals surface area contributed by atoms with Crippen LogP contribution in [0.3, 0.4) is 0 Å². The Labute approximate surface area is 118 Å². The second-order valence-corrected chi connectivity index (χ2v) is 5.06. The van der Waals surface area contributed by atoms with E-state index in [0.29, 0.717) is 18.7 Å². The molecule has 3 N–H and O–H groups in total. The van der Waals surface area contributed by atoms with E-state index in [9.17, 15) is 9.18 Å². The van der Waals surface area contributed by atoms with Crippen LogP contribution >= 0.6 is 0 Å². The second-order valence-electron chi connectivity index (χ2n) is 5.06. The summed E-state index contributed by atoms with van der Waals surface area (Å²) in [6.07, 6.45) is 1.54. The maximum atomic E-state index is 13.8. The van der Waals surface area contributed by atoms with Crippen molar-refractivity contribution in [1.29, 1.82) is 0 Å².